The van der Waals surface area contributed by atoms with Gasteiger partial charge in [-0.1, -0.05) is 24.8 Å². The van der Waals surface area contributed by atoms with E-state index in [4.69, 9.17) is 0 Å². The molecule has 0 radical (unpaired) electrons. The topological polar surface area (TPSA) is 78.1 Å². The summed E-state index contributed by atoms with van der Waals surface area (Å²) in [4.78, 5) is 4.16. The molecule has 0 atom stereocenters. The fourth-order valence-corrected chi connectivity index (χ4v) is 2.34. The lowest BCUT2D eigenvalue weighted by atomic mass is 10.0. The van der Waals surface area contributed by atoms with Crippen LogP contribution in [-0.2, 0) is 0 Å². The maximum absolute atomic E-state index is 10.2. The van der Waals surface area contributed by atoms with Gasteiger partial charge in [-0.2, -0.15) is 0 Å². The van der Waals surface area contributed by atoms with E-state index in [1.54, 1.807) is 43.5 Å². The first kappa shape index (κ1) is 14.7. The predicted molar refractivity (Wildman–Crippen MR) is 89.8 cm³/mol. The number of phenols is 2. The van der Waals surface area contributed by atoms with Crippen LogP contribution in [0, 0.1) is 6.92 Å². The van der Waals surface area contributed by atoms with Gasteiger partial charge in [-0.05, 0) is 36.8 Å². The zero-order valence-electron chi connectivity index (χ0n) is 12.6. The SMILES string of the molecule is C=C(N=Nc1cc(C)c(O)c2cccc(O)c12)c1ccccn1. The molecule has 2 aromatic carbocycles. The molecule has 0 fully saturated rings. The molecule has 0 unspecified atom stereocenters. The molecule has 0 aliphatic carbocycles. The van der Waals surface area contributed by atoms with Gasteiger partial charge < -0.3 is 10.2 Å². The van der Waals surface area contributed by atoms with Crippen molar-refractivity contribution in [3.8, 4) is 11.5 Å². The lowest BCUT2D eigenvalue weighted by Gasteiger charge is -2.08. The molecule has 23 heavy (non-hydrogen) atoms. The summed E-state index contributed by atoms with van der Waals surface area (Å²) in [6, 6.07) is 12.1. The summed E-state index contributed by atoms with van der Waals surface area (Å²) in [5, 5.41) is 29.5. The first-order chi connectivity index (χ1) is 11.1. The zero-order chi connectivity index (χ0) is 16.4. The quantitative estimate of drug-likeness (QED) is 0.688. The summed E-state index contributed by atoms with van der Waals surface area (Å²) in [6.07, 6.45) is 1.65. The second kappa shape index (κ2) is 5.88. The number of phenolic OH excluding ortho intramolecular Hbond substituents is 2. The smallest absolute Gasteiger partial charge is 0.126 e. The van der Waals surface area contributed by atoms with E-state index in [0.717, 1.165) is 0 Å². The second-order valence-electron chi connectivity index (χ2n) is 5.12. The maximum Gasteiger partial charge on any atom is 0.126 e. The Morgan fingerprint density at radius 1 is 1.13 bits per heavy atom. The fourth-order valence-electron chi connectivity index (χ4n) is 2.34. The summed E-state index contributed by atoms with van der Waals surface area (Å²) in [6.45, 7) is 5.62. The van der Waals surface area contributed by atoms with Gasteiger partial charge in [0.2, 0.25) is 0 Å². The average molecular weight is 305 g/mol. The summed E-state index contributed by atoms with van der Waals surface area (Å²) in [5.74, 6) is 0.161. The molecule has 0 bridgehead atoms. The Balaban J connectivity index is 2.09. The summed E-state index contributed by atoms with van der Waals surface area (Å²) < 4.78 is 0. The van der Waals surface area contributed by atoms with Crippen LogP contribution in [0.2, 0.25) is 0 Å². The molecule has 0 aliphatic heterocycles. The minimum atomic E-state index is 0.0372. The molecule has 0 amide bonds. The van der Waals surface area contributed by atoms with E-state index in [2.05, 4.69) is 21.8 Å². The van der Waals surface area contributed by atoms with Crippen molar-refractivity contribution in [2.75, 3.05) is 0 Å². The van der Waals surface area contributed by atoms with Gasteiger partial charge in [0.1, 0.15) is 17.2 Å². The Labute approximate surface area is 133 Å². The molecule has 2 N–H and O–H groups in total. The van der Waals surface area contributed by atoms with Crippen LogP contribution in [0.1, 0.15) is 11.3 Å². The van der Waals surface area contributed by atoms with E-state index < -0.39 is 0 Å². The number of aryl methyl sites for hydroxylation is 1. The molecule has 1 aromatic heterocycles. The summed E-state index contributed by atoms with van der Waals surface area (Å²) in [5.41, 5.74) is 2.16. The van der Waals surface area contributed by atoms with Crippen LogP contribution in [0.25, 0.3) is 16.5 Å². The number of hydrogen-bond acceptors (Lipinski definition) is 5. The minimum Gasteiger partial charge on any atom is -0.507 e. The third-order valence-electron chi connectivity index (χ3n) is 3.52. The lowest BCUT2D eigenvalue weighted by molar-refractivity contribution is 0.473. The monoisotopic (exact) mass is 305 g/mol. The largest absolute Gasteiger partial charge is 0.507 e. The molecule has 1 heterocycles. The number of azo groups is 1. The van der Waals surface area contributed by atoms with Crippen molar-refractivity contribution in [2.24, 2.45) is 10.2 Å². The van der Waals surface area contributed by atoms with E-state index in [-0.39, 0.29) is 11.5 Å². The highest BCUT2D eigenvalue weighted by Gasteiger charge is 2.12. The van der Waals surface area contributed by atoms with Crippen molar-refractivity contribution >= 4 is 22.2 Å². The van der Waals surface area contributed by atoms with Crippen LogP contribution in [-0.4, -0.2) is 15.2 Å². The zero-order valence-corrected chi connectivity index (χ0v) is 12.6. The number of fused-ring (bicyclic) bond motifs is 1. The highest BCUT2D eigenvalue weighted by atomic mass is 16.3. The van der Waals surface area contributed by atoms with E-state index in [0.29, 0.717) is 33.4 Å². The average Bonchev–Trinajstić information content (AvgIpc) is 2.57. The van der Waals surface area contributed by atoms with Gasteiger partial charge in [0.05, 0.1) is 16.8 Å². The predicted octanol–water partition coefficient (Wildman–Crippen LogP) is 4.71. The van der Waals surface area contributed by atoms with E-state index >= 15 is 0 Å². The van der Waals surface area contributed by atoms with Crippen molar-refractivity contribution in [1.82, 2.24) is 4.98 Å². The number of pyridine rings is 1. The molecule has 0 saturated carbocycles. The third-order valence-corrected chi connectivity index (χ3v) is 3.52. The summed E-state index contributed by atoms with van der Waals surface area (Å²) >= 11 is 0. The first-order valence-electron chi connectivity index (χ1n) is 7.04. The fraction of sp³-hybridized carbons (Fsp3) is 0.0556. The number of aromatic hydroxyl groups is 2. The molecule has 5 heteroatoms. The van der Waals surface area contributed by atoms with Gasteiger partial charge >= 0.3 is 0 Å². The Bertz CT molecular complexity index is 918. The Morgan fingerprint density at radius 3 is 2.70 bits per heavy atom. The Morgan fingerprint density at radius 2 is 1.96 bits per heavy atom. The molecule has 114 valence electrons. The lowest BCUT2D eigenvalue weighted by Crippen LogP contribution is -1.84. The first-order valence-corrected chi connectivity index (χ1v) is 7.04. The van der Waals surface area contributed by atoms with Gasteiger partial charge in [0.15, 0.2) is 0 Å². The molecule has 0 spiro atoms. The number of nitrogens with zero attached hydrogens (tertiary/aromatic N) is 3. The highest BCUT2D eigenvalue weighted by Crippen LogP contribution is 2.40. The molecular weight excluding hydrogens is 290 g/mol. The van der Waals surface area contributed by atoms with Crippen LogP contribution in [0.3, 0.4) is 0 Å². The van der Waals surface area contributed by atoms with E-state index in [1.807, 2.05) is 12.1 Å². The standard InChI is InChI=1S/C18H15N3O2/c1-11-10-15(17-13(18(11)23)6-5-8-16(17)22)21-20-12(2)14-7-3-4-9-19-14/h3-10,22-23H,2H2,1H3. The van der Waals surface area contributed by atoms with E-state index in [9.17, 15) is 10.2 Å². The van der Waals surface area contributed by atoms with Gasteiger partial charge in [-0.3, -0.25) is 4.98 Å². The van der Waals surface area contributed by atoms with Crippen molar-refractivity contribution in [3.63, 3.8) is 0 Å². The molecule has 0 saturated heterocycles. The molecule has 3 aromatic rings. The van der Waals surface area contributed by atoms with Crippen LogP contribution in [0.4, 0.5) is 5.69 Å². The van der Waals surface area contributed by atoms with Crippen molar-refractivity contribution < 1.29 is 10.2 Å². The second-order valence-corrected chi connectivity index (χ2v) is 5.12. The minimum absolute atomic E-state index is 0.0372. The molecule has 5 nitrogen and oxygen atoms in total. The number of benzene rings is 2. The number of hydrogen-bond donors (Lipinski definition) is 2. The number of aromatic nitrogens is 1. The van der Waals surface area contributed by atoms with Crippen molar-refractivity contribution in [2.45, 2.75) is 6.92 Å². The summed E-state index contributed by atoms with van der Waals surface area (Å²) in [7, 11) is 0. The van der Waals surface area contributed by atoms with E-state index in [1.165, 1.54) is 0 Å². The molecule has 3 rings (SSSR count). The highest BCUT2D eigenvalue weighted by molar-refractivity contribution is 6.01. The van der Waals surface area contributed by atoms with Gasteiger partial charge in [-0.15, -0.1) is 10.2 Å². The van der Waals surface area contributed by atoms with Crippen LogP contribution in [0.5, 0.6) is 11.5 Å². The van der Waals surface area contributed by atoms with Crippen molar-refractivity contribution in [3.05, 3.63) is 66.5 Å². The molecular formula is C18H15N3O2. The third kappa shape index (κ3) is 2.76. The Kier molecular flexibility index (Phi) is 3.76. The van der Waals surface area contributed by atoms with Crippen LogP contribution in [0.15, 0.2) is 65.5 Å². The Hall–Kier alpha value is -3.21. The van der Waals surface area contributed by atoms with Gasteiger partial charge in [0, 0.05) is 11.6 Å². The number of rotatable bonds is 3. The van der Waals surface area contributed by atoms with Crippen molar-refractivity contribution in [1.29, 1.82) is 0 Å². The van der Waals surface area contributed by atoms with Crippen LogP contribution < -0.4 is 0 Å². The van der Waals surface area contributed by atoms with Crippen LogP contribution >= 0.6 is 0 Å². The molecule has 0 aliphatic rings. The maximum atomic E-state index is 10.2. The van der Waals surface area contributed by atoms with Gasteiger partial charge in [0.25, 0.3) is 0 Å². The normalized spacial score (nSPS) is 11.2. The van der Waals surface area contributed by atoms with Gasteiger partial charge in [-0.25, -0.2) is 0 Å².